The Kier molecular flexibility index (Phi) is 4.98. The number of nitrogens with one attached hydrogen (secondary N) is 1. The van der Waals surface area contributed by atoms with Gasteiger partial charge in [-0.3, -0.25) is 19.7 Å². The standard InChI is InChI=1S/C24H16N2O7/c27-22(15-7-10-19-20(13-15)32-12-11-31-19)23-21(17-3-1-2-4-18(17)33-23)25-24(28)14-5-8-16(9-6-14)26(29)30/h1-10,13H,11-12H2,(H,25,28). The Bertz CT molecular complexity index is 1410. The fourth-order valence-electron chi connectivity index (χ4n) is 3.57. The van der Waals surface area contributed by atoms with E-state index < -0.39 is 16.6 Å². The van der Waals surface area contributed by atoms with Gasteiger partial charge in [0.2, 0.25) is 5.78 Å². The van der Waals surface area contributed by atoms with Crippen molar-refractivity contribution in [2.75, 3.05) is 18.5 Å². The van der Waals surface area contributed by atoms with Crippen molar-refractivity contribution < 1.29 is 28.4 Å². The first kappa shape index (κ1) is 20.3. The van der Waals surface area contributed by atoms with Crippen LogP contribution in [0.4, 0.5) is 11.4 Å². The van der Waals surface area contributed by atoms with Crippen LogP contribution in [0.3, 0.4) is 0 Å². The van der Waals surface area contributed by atoms with E-state index in [0.29, 0.717) is 41.2 Å². The Hall–Kier alpha value is -4.66. The monoisotopic (exact) mass is 444 g/mol. The first-order valence-electron chi connectivity index (χ1n) is 10.0. The number of nitro groups is 1. The summed E-state index contributed by atoms with van der Waals surface area (Å²) in [5.74, 6) is -0.00762. The third-order valence-corrected chi connectivity index (χ3v) is 5.18. The predicted molar refractivity (Wildman–Crippen MR) is 118 cm³/mol. The maximum atomic E-state index is 13.3. The van der Waals surface area contributed by atoms with Crippen LogP contribution in [0, 0.1) is 10.1 Å². The molecule has 0 saturated heterocycles. The molecule has 0 atom stereocenters. The van der Waals surface area contributed by atoms with Gasteiger partial charge in [0, 0.05) is 28.6 Å². The highest BCUT2D eigenvalue weighted by atomic mass is 16.6. The molecule has 9 nitrogen and oxygen atoms in total. The number of fused-ring (bicyclic) bond motifs is 2. The number of non-ortho nitro benzene ring substituents is 1. The number of carbonyl (C=O) groups excluding carboxylic acids is 2. The average Bonchev–Trinajstić information content (AvgIpc) is 3.21. The second-order valence-electron chi connectivity index (χ2n) is 7.25. The van der Waals surface area contributed by atoms with Crippen molar-refractivity contribution in [2.24, 2.45) is 0 Å². The second kappa shape index (κ2) is 8.12. The van der Waals surface area contributed by atoms with Gasteiger partial charge in [0.15, 0.2) is 17.3 Å². The number of rotatable bonds is 5. The van der Waals surface area contributed by atoms with Gasteiger partial charge in [-0.2, -0.15) is 0 Å². The minimum Gasteiger partial charge on any atom is -0.486 e. The van der Waals surface area contributed by atoms with Gasteiger partial charge in [-0.15, -0.1) is 0 Å². The molecule has 5 rings (SSSR count). The molecule has 4 aromatic rings. The molecule has 1 aliphatic rings. The number of furan rings is 1. The van der Waals surface area contributed by atoms with E-state index in [-0.39, 0.29) is 22.7 Å². The summed E-state index contributed by atoms with van der Waals surface area (Å²) in [6.07, 6.45) is 0. The number of hydrogen-bond donors (Lipinski definition) is 1. The lowest BCUT2D eigenvalue weighted by molar-refractivity contribution is -0.384. The molecule has 0 saturated carbocycles. The Balaban J connectivity index is 1.52. The van der Waals surface area contributed by atoms with E-state index in [1.54, 1.807) is 42.5 Å². The van der Waals surface area contributed by atoms with Gasteiger partial charge in [0.1, 0.15) is 18.8 Å². The first-order valence-corrected chi connectivity index (χ1v) is 10.0. The number of nitro benzene ring substituents is 1. The van der Waals surface area contributed by atoms with E-state index in [0.717, 1.165) is 0 Å². The maximum absolute atomic E-state index is 13.3. The summed E-state index contributed by atoms with van der Waals surface area (Å²) in [6.45, 7) is 0.814. The number of hydrogen-bond acceptors (Lipinski definition) is 7. The molecule has 0 unspecified atom stereocenters. The van der Waals surface area contributed by atoms with Crippen LogP contribution in [-0.2, 0) is 0 Å². The van der Waals surface area contributed by atoms with E-state index in [1.807, 2.05) is 0 Å². The number of amides is 1. The maximum Gasteiger partial charge on any atom is 0.269 e. The topological polar surface area (TPSA) is 121 Å². The molecule has 0 bridgehead atoms. The van der Waals surface area contributed by atoms with Crippen molar-refractivity contribution in [3.05, 3.63) is 93.7 Å². The molecular weight excluding hydrogens is 428 g/mol. The fraction of sp³-hybridized carbons (Fsp3) is 0.0833. The van der Waals surface area contributed by atoms with Crippen molar-refractivity contribution in [3.63, 3.8) is 0 Å². The summed E-state index contributed by atoms with van der Waals surface area (Å²) in [4.78, 5) is 36.5. The van der Waals surface area contributed by atoms with E-state index in [2.05, 4.69) is 5.32 Å². The van der Waals surface area contributed by atoms with Gasteiger partial charge in [0.25, 0.3) is 11.6 Å². The third kappa shape index (κ3) is 3.76. The Morgan fingerprint density at radius 1 is 0.879 bits per heavy atom. The highest BCUT2D eigenvalue weighted by Gasteiger charge is 2.25. The molecule has 0 fully saturated rings. The van der Waals surface area contributed by atoms with Crippen LogP contribution < -0.4 is 14.8 Å². The molecule has 1 N–H and O–H groups in total. The van der Waals surface area contributed by atoms with Crippen LogP contribution in [-0.4, -0.2) is 29.8 Å². The van der Waals surface area contributed by atoms with Gasteiger partial charge in [0.05, 0.1) is 10.6 Å². The molecule has 0 aliphatic carbocycles. The van der Waals surface area contributed by atoms with Crippen LogP contribution in [0.5, 0.6) is 11.5 Å². The van der Waals surface area contributed by atoms with E-state index in [1.165, 1.54) is 24.3 Å². The van der Waals surface area contributed by atoms with Crippen molar-refractivity contribution >= 4 is 34.0 Å². The zero-order valence-electron chi connectivity index (χ0n) is 17.1. The van der Waals surface area contributed by atoms with Crippen LogP contribution >= 0.6 is 0 Å². The summed E-state index contributed by atoms with van der Waals surface area (Å²) in [7, 11) is 0. The predicted octanol–water partition coefficient (Wildman–Crippen LogP) is 4.60. The molecule has 3 aromatic carbocycles. The Morgan fingerprint density at radius 2 is 1.58 bits per heavy atom. The van der Waals surface area contributed by atoms with Gasteiger partial charge in [-0.05, 0) is 42.5 Å². The quantitative estimate of drug-likeness (QED) is 0.271. The number of nitrogens with zero attached hydrogens (tertiary/aromatic N) is 1. The molecule has 9 heteroatoms. The summed E-state index contributed by atoms with van der Waals surface area (Å²) in [5, 5.41) is 14.1. The van der Waals surface area contributed by atoms with Gasteiger partial charge in [-0.1, -0.05) is 12.1 Å². The highest BCUT2D eigenvalue weighted by molar-refractivity contribution is 6.19. The number of benzene rings is 3. The lowest BCUT2D eigenvalue weighted by Gasteiger charge is -2.18. The average molecular weight is 444 g/mol. The molecular formula is C24H16N2O7. The van der Waals surface area contributed by atoms with Crippen LogP contribution in [0.15, 0.2) is 71.1 Å². The summed E-state index contributed by atoms with van der Waals surface area (Å²) >= 11 is 0. The summed E-state index contributed by atoms with van der Waals surface area (Å²) in [6, 6.07) is 16.9. The SMILES string of the molecule is O=C(Nc1c(C(=O)c2ccc3c(c2)OCCO3)oc2ccccc12)c1ccc([N+](=O)[O-])cc1. The molecule has 0 radical (unpaired) electrons. The van der Waals surface area contributed by atoms with E-state index in [9.17, 15) is 19.7 Å². The molecule has 0 spiro atoms. The lowest BCUT2D eigenvalue weighted by Crippen LogP contribution is -2.16. The zero-order chi connectivity index (χ0) is 22.9. The minimum absolute atomic E-state index is 0.0388. The molecule has 1 aromatic heterocycles. The summed E-state index contributed by atoms with van der Waals surface area (Å²) < 4.78 is 16.9. The number of ether oxygens (including phenoxy) is 2. The third-order valence-electron chi connectivity index (χ3n) is 5.18. The van der Waals surface area contributed by atoms with Gasteiger partial charge < -0.3 is 19.2 Å². The molecule has 33 heavy (non-hydrogen) atoms. The van der Waals surface area contributed by atoms with Crippen molar-refractivity contribution in [1.82, 2.24) is 0 Å². The lowest BCUT2D eigenvalue weighted by atomic mass is 10.1. The normalized spacial score (nSPS) is 12.4. The van der Waals surface area contributed by atoms with E-state index >= 15 is 0 Å². The van der Waals surface area contributed by atoms with Crippen LogP contribution in [0.1, 0.15) is 26.5 Å². The Labute approximate surface area is 186 Å². The van der Waals surface area contributed by atoms with Crippen molar-refractivity contribution in [3.8, 4) is 11.5 Å². The number of para-hydroxylation sites is 1. The van der Waals surface area contributed by atoms with Crippen LogP contribution in [0.25, 0.3) is 11.0 Å². The number of anilines is 1. The van der Waals surface area contributed by atoms with Gasteiger partial charge >= 0.3 is 0 Å². The van der Waals surface area contributed by atoms with Gasteiger partial charge in [-0.25, -0.2) is 0 Å². The first-order chi connectivity index (χ1) is 16.0. The summed E-state index contributed by atoms with van der Waals surface area (Å²) in [5.41, 5.74) is 1.02. The zero-order valence-corrected chi connectivity index (χ0v) is 17.1. The highest BCUT2D eigenvalue weighted by Crippen LogP contribution is 2.35. The minimum atomic E-state index is -0.546. The van der Waals surface area contributed by atoms with Crippen molar-refractivity contribution in [2.45, 2.75) is 0 Å². The molecule has 2 heterocycles. The van der Waals surface area contributed by atoms with E-state index in [4.69, 9.17) is 13.9 Å². The largest absolute Gasteiger partial charge is 0.486 e. The second-order valence-corrected chi connectivity index (χ2v) is 7.25. The fourth-order valence-corrected chi connectivity index (χ4v) is 3.57. The Morgan fingerprint density at radius 3 is 2.33 bits per heavy atom. The smallest absolute Gasteiger partial charge is 0.269 e. The molecule has 1 aliphatic heterocycles. The molecule has 1 amide bonds. The number of carbonyl (C=O) groups is 2. The molecule has 164 valence electrons. The van der Waals surface area contributed by atoms with Crippen LogP contribution in [0.2, 0.25) is 0 Å². The van der Waals surface area contributed by atoms with Crippen molar-refractivity contribution in [1.29, 1.82) is 0 Å². The number of ketones is 1.